The molecule has 1 fully saturated rings. The summed E-state index contributed by atoms with van der Waals surface area (Å²) in [4.78, 5) is 16.4. The van der Waals surface area contributed by atoms with Crippen LogP contribution in [0.25, 0.3) is 11.4 Å². The fourth-order valence-electron chi connectivity index (χ4n) is 2.98. The number of aromatic nitrogens is 3. The molecule has 2 aromatic rings. The minimum Gasteiger partial charge on any atom is -0.388 e. The molecule has 1 saturated carbocycles. The van der Waals surface area contributed by atoms with Crippen molar-refractivity contribution in [1.82, 2.24) is 20.1 Å². The Bertz CT molecular complexity index is 672. The summed E-state index contributed by atoms with van der Waals surface area (Å²) in [6.07, 6.45) is 6.38. The van der Waals surface area contributed by atoms with E-state index in [1.807, 2.05) is 19.2 Å². The lowest BCUT2D eigenvalue weighted by atomic mass is 9.85. The molecule has 6 nitrogen and oxygen atoms in total. The van der Waals surface area contributed by atoms with Crippen LogP contribution in [0.15, 0.2) is 30.6 Å². The van der Waals surface area contributed by atoms with E-state index in [0.29, 0.717) is 17.9 Å². The second-order valence-electron chi connectivity index (χ2n) is 6.29. The van der Waals surface area contributed by atoms with E-state index in [9.17, 15) is 9.90 Å². The maximum atomic E-state index is 12.2. The molecule has 0 saturated heterocycles. The van der Waals surface area contributed by atoms with E-state index in [4.69, 9.17) is 0 Å². The number of aliphatic hydroxyl groups is 1. The van der Waals surface area contributed by atoms with Gasteiger partial charge in [0.05, 0.1) is 5.60 Å². The maximum absolute atomic E-state index is 12.2. The number of carbonyl (C=O) groups excluding carboxylic acids is 1. The zero-order chi connectivity index (χ0) is 16.3. The van der Waals surface area contributed by atoms with Crippen molar-refractivity contribution in [2.24, 2.45) is 7.05 Å². The smallest absolute Gasteiger partial charge is 0.251 e. The summed E-state index contributed by atoms with van der Waals surface area (Å²) in [5, 5.41) is 17.5. The molecule has 1 aromatic carbocycles. The van der Waals surface area contributed by atoms with Gasteiger partial charge in [0.1, 0.15) is 6.33 Å². The Morgan fingerprint density at radius 2 is 1.96 bits per heavy atom. The minimum atomic E-state index is -0.744. The molecule has 0 spiro atoms. The van der Waals surface area contributed by atoms with Crippen molar-refractivity contribution in [3.63, 3.8) is 0 Å². The van der Waals surface area contributed by atoms with Gasteiger partial charge in [-0.05, 0) is 25.0 Å². The normalized spacial score (nSPS) is 17.0. The molecule has 2 N–H and O–H groups in total. The molecule has 0 atom stereocenters. The van der Waals surface area contributed by atoms with E-state index >= 15 is 0 Å². The van der Waals surface area contributed by atoms with Crippen LogP contribution in [-0.2, 0) is 7.05 Å². The molecule has 1 aliphatic rings. The molecule has 23 heavy (non-hydrogen) atoms. The molecule has 1 aromatic heterocycles. The van der Waals surface area contributed by atoms with Crippen LogP contribution in [0.3, 0.4) is 0 Å². The number of hydrogen-bond acceptors (Lipinski definition) is 4. The van der Waals surface area contributed by atoms with Crippen LogP contribution in [0.2, 0.25) is 0 Å². The van der Waals surface area contributed by atoms with Crippen molar-refractivity contribution >= 4 is 5.91 Å². The molecule has 1 amide bonds. The van der Waals surface area contributed by atoms with Crippen LogP contribution >= 0.6 is 0 Å². The summed E-state index contributed by atoms with van der Waals surface area (Å²) in [5.41, 5.74) is 0.697. The van der Waals surface area contributed by atoms with Gasteiger partial charge in [0, 0.05) is 24.7 Å². The second kappa shape index (κ2) is 6.50. The van der Waals surface area contributed by atoms with Crippen LogP contribution in [0.1, 0.15) is 42.5 Å². The Labute approximate surface area is 135 Å². The average Bonchev–Trinajstić information content (AvgIpc) is 3.00. The zero-order valence-corrected chi connectivity index (χ0v) is 13.3. The summed E-state index contributed by atoms with van der Waals surface area (Å²) in [7, 11) is 1.81. The van der Waals surface area contributed by atoms with Crippen molar-refractivity contribution in [1.29, 1.82) is 0 Å². The van der Waals surface area contributed by atoms with Crippen LogP contribution in [-0.4, -0.2) is 37.9 Å². The van der Waals surface area contributed by atoms with E-state index in [2.05, 4.69) is 15.4 Å². The topological polar surface area (TPSA) is 80.0 Å². The van der Waals surface area contributed by atoms with Gasteiger partial charge in [0.25, 0.3) is 5.91 Å². The number of nitrogens with one attached hydrogen (secondary N) is 1. The first-order chi connectivity index (χ1) is 11.1. The predicted molar refractivity (Wildman–Crippen MR) is 86.8 cm³/mol. The number of amides is 1. The van der Waals surface area contributed by atoms with Crippen molar-refractivity contribution in [3.8, 4) is 11.4 Å². The quantitative estimate of drug-likeness (QED) is 0.903. The number of benzene rings is 1. The van der Waals surface area contributed by atoms with Crippen LogP contribution in [0.5, 0.6) is 0 Å². The number of aryl methyl sites for hydroxylation is 1. The third-order valence-electron chi connectivity index (χ3n) is 4.37. The van der Waals surface area contributed by atoms with Gasteiger partial charge in [-0.1, -0.05) is 31.4 Å². The highest BCUT2D eigenvalue weighted by atomic mass is 16.3. The lowest BCUT2D eigenvalue weighted by Crippen LogP contribution is -2.44. The predicted octanol–water partition coefficient (Wildman–Crippen LogP) is 1.91. The molecule has 3 rings (SSSR count). The molecule has 1 heterocycles. The summed E-state index contributed by atoms with van der Waals surface area (Å²) >= 11 is 0. The van der Waals surface area contributed by atoms with Crippen LogP contribution in [0, 0.1) is 0 Å². The third kappa shape index (κ3) is 3.76. The molecule has 1 aliphatic carbocycles. The fourth-order valence-corrected chi connectivity index (χ4v) is 2.98. The number of nitrogens with zero attached hydrogens (tertiary/aromatic N) is 3. The monoisotopic (exact) mass is 314 g/mol. The Balaban J connectivity index is 1.61. The summed E-state index contributed by atoms with van der Waals surface area (Å²) in [6.45, 7) is 0.315. The largest absolute Gasteiger partial charge is 0.388 e. The van der Waals surface area contributed by atoms with Gasteiger partial charge in [0.15, 0.2) is 5.82 Å². The SMILES string of the molecule is Cn1cnc(-c2ccc(C(=O)NCC3(O)CCCCC3)cc2)n1. The number of hydrogen-bond donors (Lipinski definition) is 2. The lowest BCUT2D eigenvalue weighted by Gasteiger charge is -2.32. The molecular formula is C17H22N4O2. The van der Waals surface area contributed by atoms with E-state index in [-0.39, 0.29) is 5.91 Å². The zero-order valence-electron chi connectivity index (χ0n) is 13.3. The summed E-state index contributed by atoms with van der Waals surface area (Å²) < 4.78 is 1.64. The van der Waals surface area contributed by atoms with Crippen molar-refractivity contribution in [3.05, 3.63) is 36.2 Å². The minimum absolute atomic E-state index is 0.162. The van der Waals surface area contributed by atoms with Crippen LogP contribution in [0.4, 0.5) is 0 Å². The first kappa shape index (κ1) is 15.7. The van der Waals surface area contributed by atoms with E-state index < -0.39 is 5.60 Å². The maximum Gasteiger partial charge on any atom is 0.251 e. The standard InChI is InChI=1S/C17H22N4O2/c1-21-12-19-15(20-21)13-5-7-14(8-6-13)16(22)18-11-17(23)9-3-2-4-10-17/h5-8,12,23H,2-4,9-11H2,1H3,(H,18,22). The van der Waals surface area contributed by atoms with Gasteiger partial charge < -0.3 is 10.4 Å². The van der Waals surface area contributed by atoms with Gasteiger partial charge in [-0.25, -0.2) is 4.98 Å². The molecule has 0 radical (unpaired) electrons. The van der Waals surface area contributed by atoms with E-state index in [1.165, 1.54) is 6.42 Å². The summed E-state index contributed by atoms with van der Waals surface area (Å²) in [5.74, 6) is 0.473. The molecular weight excluding hydrogens is 292 g/mol. The van der Waals surface area contributed by atoms with Gasteiger partial charge in [-0.2, -0.15) is 5.10 Å². The number of rotatable bonds is 4. The highest BCUT2D eigenvalue weighted by molar-refractivity contribution is 5.94. The molecule has 0 bridgehead atoms. The molecule has 122 valence electrons. The first-order valence-electron chi connectivity index (χ1n) is 8.02. The highest BCUT2D eigenvalue weighted by Gasteiger charge is 2.29. The third-order valence-corrected chi connectivity index (χ3v) is 4.37. The molecule has 0 unspecified atom stereocenters. The molecule has 0 aliphatic heterocycles. The van der Waals surface area contributed by atoms with E-state index in [0.717, 1.165) is 31.2 Å². The number of carbonyl (C=O) groups is 1. The van der Waals surface area contributed by atoms with Crippen molar-refractivity contribution in [2.45, 2.75) is 37.7 Å². The lowest BCUT2D eigenvalue weighted by molar-refractivity contribution is 0.00526. The van der Waals surface area contributed by atoms with Crippen molar-refractivity contribution in [2.75, 3.05) is 6.54 Å². The highest BCUT2D eigenvalue weighted by Crippen LogP contribution is 2.27. The van der Waals surface area contributed by atoms with Crippen LogP contribution < -0.4 is 5.32 Å². The van der Waals surface area contributed by atoms with E-state index in [1.54, 1.807) is 23.1 Å². The van der Waals surface area contributed by atoms with Crippen molar-refractivity contribution < 1.29 is 9.90 Å². The van der Waals surface area contributed by atoms with Gasteiger partial charge in [-0.15, -0.1) is 0 Å². The van der Waals surface area contributed by atoms with Gasteiger partial charge in [-0.3, -0.25) is 9.48 Å². The Morgan fingerprint density at radius 3 is 2.57 bits per heavy atom. The molecule has 6 heteroatoms. The van der Waals surface area contributed by atoms with Gasteiger partial charge >= 0.3 is 0 Å². The summed E-state index contributed by atoms with van der Waals surface area (Å²) in [6, 6.07) is 7.18. The second-order valence-corrected chi connectivity index (χ2v) is 6.29. The Hall–Kier alpha value is -2.21. The fraction of sp³-hybridized carbons (Fsp3) is 0.471. The first-order valence-corrected chi connectivity index (χ1v) is 8.02. The Kier molecular flexibility index (Phi) is 4.43. The average molecular weight is 314 g/mol. The van der Waals surface area contributed by atoms with Gasteiger partial charge in [0.2, 0.25) is 0 Å². The Morgan fingerprint density at radius 1 is 1.26 bits per heavy atom.